The molecule has 0 atom stereocenters. The first-order valence-corrected chi connectivity index (χ1v) is 6.60. The van der Waals surface area contributed by atoms with E-state index in [1.807, 2.05) is 13.0 Å². The van der Waals surface area contributed by atoms with E-state index in [9.17, 15) is 9.59 Å². The molecule has 1 aromatic carbocycles. The summed E-state index contributed by atoms with van der Waals surface area (Å²) < 4.78 is 3.65. The molecule has 0 saturated heterocycles. The maximum Gasteiger partial charge on any atom is 0.358 e. The van der Waals surface area contributed by atoms with Gasteiger partial charge in [-0.1, -0.05) is 0 Å². The number of carboxylic acids is 1. The minimum atomic E-state index is -1.16. The second-order valence-electron chi connectivity index (χ2n) is 4.60. The summed E-state index contributed by atoms with van der Waals surface area (Å²) in [6, 6.07) is 3.66. The summed E-state index contributed by atoms with van der Waals surface area (Å²) in [5, 5.41) is 9.68. The molecule has 0 spiro atoms. The number of carboxylic acid groups (broad SMARTS) is 1. The largest absolute Gasteiger partial charge is 0.476 e. The predicted molar refractivity (Wildman–Crippen MR) is 77.3 cm³/mol. The highest BCUT2D eigenvalue weighted by atomic mass is 79.9. The molecule has 0 aliphatic carbocycles. The number of nitrogens with zero attached hydrogens (tertiary/aromatic N) is 3. The molecule has 0 radical (unpaired) electrons. The van der Waals surface area contributed by atoms with Crippen LogP contribution in [0.2, 0.25) is 0 Å². The molecule has 3 rings (SSSR count). The van der Waals surface area contributed by atoms with Crippen LogP contribution in [0.4, 0.5) is 0 Å². The first kappa shape index (κ1) is 12.9. The monoisotopic (exact) mass is 335 g/mol. The Bertz CT molecular complexity index is 940. The molecule has 0 aliphatic rings. The van der Waals surface area contributed by atoms with Gasteiger partial charge in [0.2, 0.25) is 0 Å². The van der Waals surface area contributed by atoms with Crippen molar-refractivity contribution >= 4 is 38.4 Å². The Hall–Kier alpha value is -2.15. The molecule has 7 heteroatoms. The van der Waals surface area contributed by atoms with Gasteiger partial charge in [-0.2, -0.15) is 0 Å². The van der Waals surface area contributed by atoms with Crippen LogP contribution in [0, 0.1) is 6.92 Å². The van der Waals surface area contributed by atoms with E-state index in [1.54, 1.807) is 17.5 Å². The van der Waals surface area contributed by atoms with Crippen LogP contribution in [0.25, 0.3) is 16.6 Å². The van der Waals surface area contributed by atoms with Crippen molar-refractivity contribution in [2.45, 2.75) is 6.92 Å². The number of benzene rings is 1. The molecule has 0 amide bonds. The lowest BCUT2D eigenvalue weighted by Gasteiger charge is -2.10. The lowest BCUT2D eigenvalue weighted by Crippen LogP contribution is -2.21. The molecule has 0 saturated carbocycles. The third kappa shape index (κ3) is 1.59. The van der Waals surface area contributed by atoms with Crippen LogP contribution in [0.1, 0.15) is 16.1 Å². The van der Waals surface area contributed by atoms with Gasteiger partial charge in [0.05, 0.1) is 10.9 Å². The topological polar surface area (TPSA) is 76.6 Å². The number of hydrogen-bond donors (Lipinski definition) is 1. The fourth-order valence-corrected chi connectivity index (χ4v) is 3.16. The number of carbonyl (C=O) groups is 1. The van der Waals surface area contributed by atoms with E-state index < -0.39 is 5.97 Å². The van der Waals surface area contributed by atoms with Crippen LogP contribution >= 0.6 is 15.9 Å². The average molecular weight is 336 g/mol. The van der Waals surface area contributed by atoms with Crippen molar-refractivity contribution < 1.29 is 9.90 Å². The Kier molecular flexibility index (Phi) is 2.68. The average Bonchev–Trinajstić information content (AvgIpc) is 2.79. The normalized spacial score (nSPS) is 11.3. The highest BCUT2D eigenvalue weighted by Gasteiger charge is 2.19. The zero-order valence-corrected chi connectivity index (χ0v) is 12.3. The Labute approximate surface area is 121 Å². The molecule has 2 heterocycles. The van der Waals surface area contributed by atoms with Crippen LogP contribution in [0.15, 0.2) is 27.7 Å². The zero-order chi connectivity index (χ0) is 14.6. The van der Waals surface area contributed by atoms with Crippen molar-refractivity contribution in [1.29, 1.82) is 0 Å². The van der Waals surface area contributed by atoms with E-state index in [4.69, 9.17) is 5.11 Å². The number of aromatic carboxylic acids is 1. The third-order valence-electron chi connectivity index (χ3n) is 3.25. The van der Waals surface area contributed by atoms with Crippen molar-refractivity contribution in [3.05, 3.63) is 44.5 Å². The summed E-state index contributed by atoms with van der Waals surface area (Å²) in [4.78, 5) is 27.5. The SMILES string of the molecule is Cc1cc(Br)c2c(c1)c(=O)n(C)c1c(C(=O)O)ncn21. The Morgan fingerprint density at radius 1 is 1.40 bits per heavy atom. The lowest BCUT2D eigenvalue weighted by molar-refractivity contribution is 0.0693. The molecule has 0 fully saturated rings. The van der Waals surface area contributed by atoms with Gasteiger partial charge in [-0.3, -0.25) is 13.8 Å². The first-order valence-electron chi connectivity index (χ1n) is 5.81. The number of hydrogen-bond acceptors (Lipinski definition) is 3. The molecule has 0 unspecified atom stereocenters. The minimum absolute atomic E-state index is 0.140. The van der Waals surface area contributed by atoms with Gasteiger partial charge < -0.3 is 5.11 Å². The summed E-state index contributed by atoms with van der Waals surface area (Å²) in [5.41, 5.74) is 1.44. The Balaban J connectivity index is 2.69. The summed E-state index contributed by atoms with van der Waals surface area (Å²) >= 11 is 3.43. The second-order valence-corrected chi connectivity index (χ2v) is 5.45. The standard InChI is InChI=1S/C13H10BrN3O3/c1-6-3-7-10(8(14)4-6)17-5-15-9(13(19)20)11(17)16(2)12(7)18/h3-5H,1-2H3,(H,19,20). The minimum Gasteiger partial charge on any atom is -0.476 e. The van der Waals surface area contributed by atoms with Gasteiger partial charge >= 0.3 is 5.97 Å². The number of aromatic nitrogens is 3. The van der Waals surface area contributed by atoms with Crippen molar-refractivity contribution in [2.24, 2.45) is 7.05 Å². The maximum atomic E-state index is 12.4. The van der Waals surface area contributed by atoms with Crippen molar-refractivity contribution in [2.75, 3.05) is 0 Å². The van der Waals surface area contributed by atoms with Crippen LogP contribution in [0.5, 0.6) is 0 Å². The van der Waals surface area contributed by atoms with Gasteiger partial charge in [0.1, 0.15) is 6.33 Å². The van der Waals surface area contributed by atoms with Crippen LogP contribution in [-0.2, 0) is 7.05 Å². The fraction of sp³-hybridized carbons (Fsp3) is 0.154. The van der Waals surface area contributed by atoms with Crippen LogP contribution in [-0.4, -0.2) is 25.0 Å². The molecule has 20 heavy (non-hydrogen) atoms. The van der Waals surface area contributed by atoms with E-state index in [0.717, 1.165) is 10.0 Å². The molecule has 1 N–H and O–H groups in total. The number of aryl methyl sites for hydroxylation is 2. The fourth-order valence-electron chi connectivity index (χ4n) is 2.40. The molecule has 2 aromatic heterocycles. The first-order chi connectivity index (χ1) is 9.41. The summed E-state index contributed by atoms with van der Waals surface area (Å²) in [6.45, 7) is 1.89. The third-order valence-corrected chi connectivity index (χ3v) is 3.85. The van der Waals surface area contributed by atoms with E-state index in [0.29, 0.717) is 10.9 Å². The molecule has 3 aromatic rings. The molecule has 6 nitrogen and oxygen atoms in total. The zero-order valence-electron chi connectivity index (χ0n) is 10.7. The summed E-state index contributed by atoms with van der Waals surface area (Å²) in [7, 11) is 1.54. The van der Waals surface area contributed by atoms with E-state index in [2.05, 4.69) is 20.9 Å². The number of fused-ring (bicyclic) bond motifs is 3. The van der Waals surface area contributed by atoms with Gasteiger partial charge in [-0.15, -0.1) is 0 Å². The van der Waals surface area contributed by atoms with Crippen LogP contribution in [0.3, 0.4) is 0 Å². The van der Waals surface area contributed by atoms with Crippen molar-refractivity contribution in [3.63, 3.8) is 0 Å². The van der Waals surface area contributed by atoms with Crippen LogP contribution < -0.4 is 5.56 Å². The maximum absolute atomic E-state index is 12.4. The van der Waals surface area contributed by atoms with Gasteiger partial charge in [-0.05, 0) is 40.5 Å². The van der Waals surface area contributed by atoms with Crippen molar-refractivity contribution in [3.8, 4) is 0 Å². The predicted octanol–water partition coefficient (Wildman–Crippen LogP) is 1.96. The van der Waals surface area contributed by atoms with Gasteiger partial charge in [0, 0.05) is 11.5 Å². The molecule has 102 valence electrons. The quantitative estimate of drug-likeness (QED) is 0.737. The summed E-state index contributed by atoms with van der Waals surface area (Å²) in [5.74, 6) is -1.16. The van der Waals surface area contributed by atoms with Gasteiger partial charge in [0.25, 0.3) is 5.56 Å². The lowest BCUT2D eigenvalue weighted by atomic mass is 10.1. The highest BCUT2D eigenvalue weighted by Crippen LogP contribution is 2.25. The van der Waals surface area contributed by atoms with Gasteiger partial charge in [-0.25, -0.2) is 9.78 Å². The molecular weight excluding hydrogens is 326 g/mol. The van der Waals surface area contributed by atoms with E-state index >= 15 is 0 Å². The number of imidazole rings is 1. The number of halogens is 1. The molecule has 0 aliphatic heterocycles. The van der Waals surface area contributed by atoms with E-state index in [1.165, 1.54) is 10.9 Å². The molecule has 0 bridgehead atoms. The highest BCUT2D eigenvalue weighted by molar-refractivity contribution is 9.10. The molecular formula is C13H10BrN3O3. The smallest absolute Gasteiger partial charge is 0.358 e. The number of rotatable bonds is 1. The van der Waals surface area contributed by atoms with E-state index in [-0.39, 0.29) is 16.9 Å². The Morgan fingerprint density at radius 3 is 2.75 bits per heavy atom. The van der Waals surface area contributed by atoms with Crippen molar-refractivity contribution in [1.82, 2.24) is 14.0 Å². The summed E-state index contributed by atoms with van der Waals surface area (Å²) in [6.07, 6.45) is 1.42. The Morgan fingerprint density at radius 2 is 2.10 bits per heavy atom. The van der Waals surface area contributed by atoms with Gasteiger partial charge in [0.15, 0.2) is 11.3 Å². The second kappa shape index (κ2) is 4.17.